The maximum absolute atomic E-state index is 9.25. The largest absolute Gasteiger partial charge is 1.00 e. The fourth-order valence-electron chi connectivity index (χ4n) is 0. The number of hydrogen-bond donors (Lipinski definition) is 0. The molecule has 5 heavy (non-hydrogen) atoms. The molecule has 0 aromatic rings. The van der Waals surface area contributed by atoms with Crippen molar-refractivity contribution in [3.05, 3.63) is 0 Å². The molecule has 0 amide bonds. The van der Waals surface area contributed by atoms with Gasteiger partial charge in [0.15, 0.2) is 0 Å². The van der Waals surface area contributed by atoms with Crippen molar-refractivity contribution >= 4 is 15.9 Å². The standard InChI is InChI=1S/C2H4BrO.Na/c3-1-2-4;/h1-2H2;/q-1;+1. The molecule has 0 bridgehead atoms. The number of hydrogen-bond acceptors (Lipinski definition) is 1. The fraction of sp³-hybridized carbons (Fsp3) is 1.00. The van der Waals surface area contributed by atoms with Crippen LogP contribution in [0.3, 0.4) is 0 Å². The van der Waals surface area contributed by atoms with Gasteiger partial charge in [-0.05, 0) is 5.33 Å². The third kappa shape index (κ3) is 10.8. The summed E-state index contributed by atoms with van der Waals surface area (Å²) in [5.74, 6) is 0. The van der Waals surface area contributed by atoms with Gasteiger partial charge in [0.1, 0.15) is 0 Å². The molecule has 0 heterocycles. The Morgan fingerprint density at radius 1 is 1.60 bits per heavy atom. The van der Waals surface area contributed by atoms with Gasteiger partial charge >= 0.3 is 29.6 Å². The van der Waals surface area contributed by atoms with Gasteiger partial charge in [0.25, 0.3) is 0 Å². The summed E-state index contributed by atoms with van der Waals surface area (Å²) in [4.78, 5) is 0. The van der Waals surface area contributed by atoms with E-state index in [9.17, 15) is 5.11 Å². The number of rotatable bonds is 1. The van der Waals surface area contributed by atoms with Crippen LogP contribution in [-0.2, 0) is 0 Å². The van der Waals surface area contributed by atoms with E-state index in [4.69, 9.17) is 0 Å². The SMILES string of the molecule is [Na+].[O-]CCBr. The molecular weight excluding hydrogens is 143 g/mol. The van der Waals surface area contributed by atoms with Crippen LogP contribution in [0.4, 0.5) is 0 Å². The van der Waals surface area contributed by atoms with E-state index in [0.29, 0.717) is 5.33 Å². The zero-order valence-corrected chi connectivity index (χ0v) is 6.79. The van der Waals surface area contributed by atoms with Gasteiger partial charge < -0.3 is 5.11 Å². The van der Waals surface area contributed by atoms with Crippen LogP contribution in [0, 0.1) is 0 Å². The molecule has 3 heteroatoms. The second-order valence-electron chi connectivity index (χ2n) is 0.393. The van der Waals surface area contributed by atoms with Gasteiger partial charge in [-0.1, -0.05) is 15.9 Å². The van der Waals surface area contributed by atoms with Gasteiger partial charge in [-0.2, -0.15) is 0 Å². The molecule has 0 spiro atoms. The third-order valence-corrected chi connectivity index (χ3v) is 0.401. The molecule has 0 aliphatic heterocycles. The zero-order valence-electron chi connectivity index (χ0n) is 3.20. The van der Waals surface area contributed by atoms with E-state index >= 15 is 0 Å². The maximum atomic E-state index is 9.25. The van der Waals surface area contributed by atoms with E-state index in [1.807, 2.05) is 0 Å². The zero-order chi connectivity index (χ0) is 3.41. The Kier molecular flexibility index (Phi) is 17.5. The van der Waals surface area contributed by atoms with Crippen molar-refractivity contribution in [2.75, 3.05) is 11.9 Å². The number of alkyl halides is 1. The molecule has 0 aliphatic rings. The minimum atomic E-state index is -0.0139. The Labute approximate surface area is 62.2 Å². The summed E-state index contributed by atoms with van der Waals surface area (Å²) in [7, 11) is 0. The Hall–Kier alpha value is 1.44. The first-order valence-electron chi connectivity index (χ1n) is 1.06. The molecule has 0 aromatic carbocycles. The minimum Gasteiger partial charge on any atom is -0.854 e. The van der Waals surface area contributed by atoms with E-state index in [-0.39, 0.29) is 36.2 Å². The molecule has 1 nitrogen and oxygen atoms in total. The first-order valence-corrected chi connectivity index (χ1v) is 2.18. The minimum absolute atomic E-state index is 0. The molecular formula is C2H4BrNaO. The topological polar surface area (TPSA) is 23.1 Å². The van der Waals surface area contributed by atoms with Gasteiger partial charge in [-0.25, -0.2) is 0 Å². The van der Waals surface area contributed by atoms with E-state index in [2.05, 4.69) is 15.9 Å². The molecule has 0 unspecified atom stereocenters. The summed E-state index contributed by atoms with van der Waals surface area (Å²) in [6.45, 7) is -0.0139. The van der Waals surface area contributed by atoms with Crippen LogP contribution < -0.4 is 34.7 Å². The predicted molar refractivity (Wildman–Crippen MR) is 18.7 cm³/mol. The average Bonchev–Trinajstić information content (AvgIpc) is 1.37. The van der Waals surface area contributed by atoms with Crippen molar-refractivity contribution in [3.8, 4) is 0 Å². The van der Waals surface area contributed by atoms with E-state index in [1.54, 1.807) is 0 Å². The van der Waals surface area contributed by atoms with Gasteiger partial charge in [0.2, 0.25) is 0 Å². The summed E-state index contributed by atoms with van der Waals surface area (Å²) >= 11 is 2.94. The molecule has 26 valence electrons. The second kappa shape index (κ2) is 9.06. The Morgan fingerprint density at radius 3 is 1.80 bits per heavy atom. The van der Waals surface area contributed by atoms with Crippen LogP contribution in [0.1, 0.15) is 0 Å². The van der Waals surface area contributed by atoms with Crippen molar-refractivity contribution in [2.45, 2.75) is 0 Å². The van der Waals surface area contributed by atoms with Crippen molar-refractivity contribution in [1.29, 1.82) is 0 Å². The van der Waals surface area contributed by atoms with Gasteiger partial charge in [0, 0.05) is 0 Å². The first-order chi connectivity index (χ1) is 1.91. The fourth-order valence-corrected chi connectivity index (χ4v) is 0. The quantitative estimate of drug-likeness (QED) is 0.282. The van der Waals surface area contributed by atoms with Crippen LogP contribution in [0.15, 0.2) is 0 Å². The molecule has 0 saturated heterocycles. The first kappa shape index (κ1) is 9.67. The van der Waals surface area contributed by atoms with Crippen LogP contribution in [-0.4, -0.2) is 11.9 Å². The van der Waals surface area contributed by atoms with Crippen LogP contribution in [0.25, 0.3) is 0 Å². The smallest absolute Gasteiger partial charge is 0.854 e. The maximum Gasteiger partial charge on any atom is 1.00 e. The summed E-state index contributed by atoms with van der Waals surface area (Å²) < 4.78 is 0. The van der Waals surface area contributed by atoms with Crippen molar-refractivity contribution in [2.24, 2.45) is 0 Å². The summed E-state index contributed by atoms with van der Waals surface area (Å²) in [5.41, 5.74) is 0. The summed E-state index contributed by atoms with van der Waals surface area (Å²) in [6.07, 6.45) is 0. The average molecular weight is 147 g/mol. The van der Waals surface area contributed by atoms with Crippen LogP contribution in [0.5, 0.6) is 0 Å². The van der Waals surface area contributed by atoms with Crippen molar-refractivity contribution in [3.63, 3.8) is 0 Å². The third-order valence-electron chi connectivity index (χ3n) is 0.0772. The molecule has 0 N–H and O–H groups in total. The Morgan fingerprint density at radius 2 is 1.80 bits per heavy atom. The monoisotopic (exact) mass is 146 g/mol. The van der Waals surface area contributed by atoms with E-state index in [0.717, 1.165) is 0 Å². The van der Waals surface area contributed by atoms with Crippen molar-refractivity contribution in [1.82, 2.24) is 0 Å². The summed E-state index contributed by atoms with van der Waals surface area (Å²) in [6, 6.07) is 0. The molecule has 0 aromatic heterocycles. The Balaban J connectivity index is 0. The number of halogens is 1. The van der Waals surface area contributed by atoms with E-state index in [1.165, 1.54) is 0 Å². The van der Waals surface area contributed by atoms with Crippen LogP contribution >= 0.6 is 15.9 Å². The Bertz CT molecular complexity index is 11.6. The summed E-state index contributed by atoms with van der Waals surface area (Å²) in [5, 5.41) is 9.83. The molecule has 0 fully saturated rings. The van der Waals surface area contributed by atoms with E-state index < -0.39 is 0 Å². The molecule has 0 radical (unpaired) electrons. The van der Waals surface area contributed by atoms with Crippen LogP contribution in [0.2, 0.25) is 0 Å². The molecule has 0 atom stereocenters. The van der Waals surface area contributed by atoms with Gasteiger partial charge in [-0.15, -0.1) is 6.61 Å². The van der Waals surface area contributed by atoms with Gasteiger partial charge in [-0.3, -0.25) is 0 Å². The molecule has 0 aliphatic carbocycles. The van der Waals surface area contributed by atoms with Gasteiger partial charge in [0.05, 0.1) is 0 Å². The second-order valence-corrected chi connectivity index (χ2v) is 1.19. The molecule has 0 rings (SSSR count). The normalized spacial score (nSPS) is 6.00. The predicted octanol–water partition coefficient (Wildman–Crippen LogP) is -3.25. The van der Waals surface area contributed by atoms with Crippen molar-refractivity contribution < 1.29 is 34.7 Å². The molecule has 0 saturated carbocycles.